The summed E-state index contributed by atoms with van der Waals surface area (Å²) in [6, 6.07) is 7.57. The number of aromatic amines is 1. The second-order valence-corrected chi connectivity index (χ2v) is 4.91. The molecule has 0 aliphatic heterocycles. The number of aromatic nitrogens is 2. The van der Waals surface area contributed by atoms with Gasteiger partial charge in [-0.3, -0.25) is 9.82 Å². The first-order chi connectivity index (χ1) is 8.12. The summed E-state index contributed by atoms with van der Waals surface area (Å²) in [5.74, 6) is 0. The van der Waals surface area contributed by atoms with E-state index in [0.29, 0.717) is 11.3 Å². The summed E-state index contributed by atoms with van der Waals surface area (Å²) in [4.78, 5) is 0.0951. The number of sulfonamides is 1. The lowest BCUT2D eigenvalue weighted by Crippen LogP contribution is -2.12. The highest BCUT2D eigenvalue weighted by Gasteiger charge is 2.14. The summed E-state index contributed by atoms with van der Waals surface area (Å²) in [5.41, 5.74) is 0.765. The molecule has 0 aliphatic rings. The van der Waals surface area contributed by atoms with E-state index in [-0.39, 0.29) is 4.90 Å². The van der Waals surface area contributed by atoms with Gasteiger partial charge in [0.15, 0.2) is 0 Å². The Hall–Kier alpha value is -2.33. The summed E-state index contributed by atoms with van der Waals surface area (Å²) >= 11 is 0. The molecule has 0 saturated carbocycles. The molecule has 0 aliphatic carbocycles. The van der Waals surface area contributed by atoms with Crippen molar-refractivity contribution < 1.29 is 8.42 Å². The fraction of sp³-hybridized carbons (Fsp3) is 0. The molecule has 0 bridgehead atoms. The van der Waals surface area contributed by atoms with Crippen molar-refractivity contribution >= 4 is 15.7 Å². The van der Waals surface area contributed by atoms with Gasteiger partial charge in [0, 0.05) is 6.20 Å². The van der Waals surface area contributed by atoms with E-state index in [1.54, 1.807) is 0 Å². The van der Waals surface area contributed by atoms with Gasteiger partial charge in [-0.15, -0.1) is 0 Å². The Bertz CT molecular complexity index is 639. The smallest absolute Gasteiger partial charge is 0.261 e. The van der Waals surface area contributed by atoms with E-state index in [0.717, 1.165) is 0 Å². The van der Waals surface area contributed by atoms with Gasteiger partial charge in [0.1, 0.15) is 0 Å². The second-order valence-electron chi connectivity index (χ2n) is 3.23. The van der Waals surface area contributed by atoms with Gasteiger partial charge in [0.05, 0.1) is 28.4 Å². The highest BCUT2D eigenvalue weighted by molar-refractivity contribution is 7.92. The molecule has 17 heavy (non-hydrogen) atoms. The predicted molar refractivity (Wildman–Crippen MR) is 60.6 cm³/mol. The molecule has 1 aromatic carbocycles. The third-order valence-electron chi connectivity index (χ3n) is 2.04. The Labute approximate surface area is 98.0 Å². The molecule has 2 N–H and O–H groups in total. The fourth-order valence-corrected chi connectivity index (χ4v) is 2.26. The minimum atomic E-state index is -3.63. The minimum absolute atomic E-state index is 0.0951. The van der Waals surface area contributed by atoms with Crippen LogP contribution in [0.15, 0.2) is 41.6 Å². The van der Waals surface area contributed by atoms with Crippen LogP contribution in [-0.4, -0.2) is 18.6 Å². The number of hydrogen-bond acceptors (Lipinski definition) is 4. The molecule has 0 fully saturated rings. The predicted octanol–water partition coefficient (Wildman–Crippen LogP) is 1.08. The van der Waals surface area contributed by atoms with Gasteiger partial charge in [-0.2, -0.15) is 10.4 Å². The molecule has 6 nitrogen and oxygen atoms in total. The van der Waals surface area contributed by atoms with Gasteiger partial charge < -0.3 is 0 Å². The second kappa shape index (κ2) is 4.27. The molecule has 0 spiro atoms. The average Bonchev–Trinajstić information content (AvgIpc) is 2.81. The van der Waals surface area contributed by atoms with Gasteiger partial charge >= 0.3 is 0 Å². The molecule has 7 heteroatoms. The highest BCUT2D eigenvalue weighted by Crippen LogP contribution is 2.14. The van der Waals surface area contributed by atoms with Crippen LogP contribution in [0.4, 0.5) is 5.69 Å². The fourth-order valence-electron chi connectivity index (χ4n) is 1.23. The molecule has 86 valence electrons. The van der Waals surface area contributed by atoms with E-state index in [2.05, 4.69) is 14.9 Å². The first-order valence-corrected chi connectivity index (χ1v) is 6.12. The third kappa shape index (κ3) is 2.43. The van der Waals surface area contributed by atoms with Crippen LogP contribution in [-0.2, 0) is 10.0 Å². The van der Waals surface area contributed by atoms with Crippen molar-refractivity contribution in [2.24, 2.45) is 0 Å². The lowest BCUT2D eigenvalue weighted by Gasteiger charge is -2.05. The van der Waals surface area contributed by atoms with Crippen molar-refractivity contribution in [1.82, 2.24) is 10.2 Å². The Morgan fingerprint density at radius 2 is 2.00 bits per heavy atom. The van der Waals surface area contributed by atoms with Crippen LogP contribution in [0, 0.1) is 11.3 Å². The van der Waals surface area contributed by atoms with Gasteiger partial charge in [-0.25, -0.2) is 8.42 Å². The van der Waals surface area contributed by atoms with Crippen LogP contribution in [0.1, 0.15) is 5.56 Å². The number of nitriles is 1. The molecule has 0 unspecified atom stereocenters. The van der Waals surface area contributed by atoms with Crippen molar-refractivity contribution in [3.63, 3.8) is 0 Å². The molecule has 2 rings (SSSR count). The van der Waals surface area contributed by atoms with E-state index < -0.39 is 10.0 Å². The van der Waals surface area contributed by atoms with Crippen molar-refractivity contribution in [1.29, 1.82) is 5.26 Å². The lowest BCUT2D eigenvalue weighted by molar-refractivity contribution is 0.601. The Balaban J connectivity index is 2.29. The molecule has 1 aromatic heterocycles. The van der Waals surface area contributed by atoms with Gasteiger partial charge in [0.25, 0.3) is 10.0 Å². The van der Waals surface area contributed by atoms with Crippen molar-refractivity contribution in [2.45, 2.75) is 4.90 Å². The summed E-state index contributed by atoms with van der Waals surface area (Å²) in [7, 11) is -3.63. The van der Waals surface area contributed by atoms with Crippen LogP contribution in [0.3, 0.4) is 0 Å². The largest absolute Gasteiger partial charge is 0.284 e. The summed E-state index contributed by atoms with van der Waals surface area (Å²) < 4.78 is 26.1. The number of nitrogens with one attached hydrogen (secondary N) is 2. The van der Waals surface area contributed by atoms with Gasteiger partial charge in [-0.05, 0) is 24.3 Å². The maximum absolute atomic E-state index is 11.9. The number of hydrogen-bond donors (Lipinski definition) is 2. The molecule has 0 amide bonds. The minimum Gasteiger partial charge on any atom is -0.284 e. The van der Waals surface area contributed by atoms with E-state index in [1.165, 1.54) is 36.7 Å². The zero-order valence-electron chi connectivity index (χ0n) is 8.58. The Kier molecular flexibility index (Phi) is 2.80. The zero-order valence-corrected chi connectivity index (χ0v) is 9.40. The summed E-state index contributed by atoms with van der Waals surface area (Å²) in [6.45, 7) is 0. The lowest BCUT2D eigenvalue weighted by atomic mass is 10.2. The first-order valence-electron chi connectivity index (χ1n) is 4.63. The summed E-state index contributed by atoms with van der Waals surface area (Å²) in [5, 5.41) is 14.7. The molecule has 1 heterocycles. The molecular formula is C10H8N4O2S. The van der Waals surface area contributed by atoms with Crippen LogP contribution in [0.2, 0.25) is 0 Å². The van der Waals surface area contributed by atoms with Crippen LogP contribution < -0.4 is 4.72 Å². The number of nitrogens with zero attached hydrogens (tertiary/aromatic N) is 2. The van der Waals surface area contributed by atoms with Gasteiger partial charge in [-0.1, -0.05) is 0 Å². The summed E-state index contributed by atoms with van der Waals surface area (Å²) in [6.07, 6.45) is 2.79. The average molecular weight is 248 g/mol. The molecule has 2 aromatic rings. The van der Waals surface area contributed by atoms with Crippen molar-refractivity contribution in [3.8, 4) is 6.07 Å². The van der Waals surface area contributed by atoms with E-state index in [9.17, 15) is 8.42 Å². The molecular weight excluding hydrogens is 240 g/mol. The van der Waals surface area contributed by atoms with E-state index in [1.807, 2.05) is 6.07 Å². The van der Waals surface area contributed by atoms with Crippen LogP contribution in [0.5, 0.6) is 0 Å². The topological polar surface area (TPSA) is 98.6 Å². The standard InChI is InChI=1S/C10H8N4O2S/c11-5-8-1-3-10(4-2-8)17(15,16)14-9-6-12-13-7-9/h1-4,6-7,14H,(H,12,13). The normalized spacial score (nSPS) is 10.8. The van der Waals surface area contributed by atoms with E-state index >= 15 is 0 Å². The molecule has 0 atom stereocenters. The van der Waals surface area contributed by atoms with Crippen LogP contribution >= 0.6 is 0 Å². The molecule has 0 radical (unpaired) electrons. The zero-order chi connectivity index (χ0) is 12.3. The van der Waals surface area contributed by atoms with Crippen molar-refractivity contribution in [3.05, 3.63) is 42.2 Å². The van der Waals surface area contributed by atoms with Crippen molar-refractivity contribution in [2.75, 3.05) is 4.72 Å². The van der Waals surface area contributed by atoms with E-state index in [4.69, 9.17) is 5.26 Å². The highest BCUT2D eigenvalue weighted by atomic mass is 32.2. The Morgan fingerprint density at radius 3 is 2.53 bits per heavy atom. The monoisotopic (exact) mass is 248 g/mol. The number of anilines is 1. The maximum atomic E-state index is 11.9. The quantitative estimate of drug-likeness (QED) is 0.849. The van der Waals surface area contributed by atoms with Gasteiger partial charge in [0.2, 0.25) is 0 Å². The Morgan fingerprint density at radius 1 is 1.29 bits per heavy atom. The number of rotatable bonds is 3. The maximum Gasteiger partial charge on any atom is 0.261 e. The third-order valence-corrected chi connectivity index (χ3v) is 3.44. The number of benzene rings is 1. The SMILES string of the molecule is N#Cc1ccc(S(=O)(=O)Nc2cn[nH]c2)cc1. The molecule has 0 saturated heterocycles. The number of H-pyrrole nitrogens is 1. The van der Waals surface area contributed by atoms with Crippen LogP contribution in [0.25, 0.3) is 0 Å². The first kappa shape index (κ1) is 11.2.